The highest BCUT2D eigenvalue weighted by Gasteiger charge is 2.71. The molecule has 0 aromatic heterocycles. The molecule has 0 bridgehead atoms. The number of aromatic hydroxyl groups is 1. The van der Waals surface area contributed by atoms with Gasteiger partial charge < -0.3 is 20.1 Å². The van der Waals surface area contributed by atoms with Crippen molar-refractivity contribution in [2.75, 3.05) is 0 Å². The molecule has 5 rings (SSSR count). The quantitative estimate of drug-likeness (QED) is 0.608. The summed E-state index contributed by atoms with van der Waals surface area (Å²) in [6, 6.07) is 4.39. The molecule has 1 saturated heterocycles. The molecule has 1 heterocycles. The Kier molecular flexibility index (Phi) is 2.79. The first-order valence-corrected chi connectivity index (χ1v) is 8.53. The average Bonchev–Trinajstić information content (AvgIpc) is 3.35. The average molecular weight is 342 g/mol. The maximum atomic E-state index is 13.2. The van der Waals surface area contributed by atoms with E-state index in [9.17, 15) is 24.9 Å². The van der Waals surface area contributed by atoms with Crippen LogP contribution in [0.25, 0.3) is 0 Å². The molecule has 4 aliphatic rings. The highest BCUT2D eigenvalue weighted by molar-refractivity contribution is 6.11. The molecule has 3 N–H and O–H groups in total. The highest BCUT2D eigenvalue weighted by Crippen LogP contribution is 2.60. The fourth-order valence-corrected chi connectivity index (χ4v) is 5.00. The van der Waals surface area contributed by atoms with Crippen LogP contribution in [-0.4, -0.2) is 44.7 Å². The molecular formula is C19H18O6. The van der Waals surface area contributed by atoms with Crippen molar-refractivity contribution in [2.24, 2.45) is 11.8 Å². The molecule has 6 atom stereocenters. The van der Waals surface area contributed by atoms with Crippen LogP contribution in [0, 0.1) is 11.8 Å². The largest absolute Gasteiger partial charge is 0.508 e. The molecule has 1 fully saturated rings. The number of phenols is 1. The summed E-state index contributed by atoms with van der Waals surface area (Å²) in [6.45, 7) is 1.98. The third-order valence-corrected chi connectivity index (χ3v) is 6.11. The van der Waals surface area contributed by atoms with Gasteiger partial charge in [-0.2, -0.15) is 0 Å². The zero-order valence-corrected chi connectivity index (χ0v) is 13.6. The fourth-order valence-electron chi connectivity index (χ4n) is 5.00. The van der Waals surface area contributed by atoms with Crippen LogP contribution in [0.2, 0.25) is 0 Å². The van der Waals surface area contributed by atoms with Gasteiger partial charge in [0.2, 0.25) is 0 Å². The van der Waals surface area contributed by atoms with Crippen molar-refractivity contribution in [2.45, 2.75) is 43.7 Å². The minimum atomic E-state index is -1.93. The lowest BCUT2D eigenvalue weighted by atomic mass is 9.58. The van der Waals surface area contributed by atoms with Gasteiger partial charge in [-0.05, 0) is 24.0 Å². The molecule has 0 saturated carbocycles. The second-order valence-electron chi connectivity index (χ2n) is 7.68. The third kappa shape index (κ3) is 1.69. The van der Waals surface area contributed by atoms with Gasteiger partial charge in [0.05, 0.1) is 5.92 Å². The zero-order valence-electron chi connectivity index (χ0n) is 13.6. The Morgan fingerprint density at radius 3 is 2.76 bits per heavy atom. The summed E-state index contributed by atoms with van der Waals surface area (Å²) >= 11 is 0. The van der Waals surface area contributed by atoms with Gasteiger partial charge in [-0.1, -0.05) is 19.1 Å². The summed E-state index contributed by atoms with van der Waals surface area (Å²) in [7, 11) is 0. The van der Waals surface area contributed by atoms with Crippen molar-refractivity contribution in [3.8, 4) is 5.75 Å². The Morgan fingerprint density at radius 1 is 1.24 bits per heavy atom. The number of aliphatic hydroxyl groups excluding tert-OH is 1. The normalized spacial score (nSPS) is 41.6. The molecule has 1 aromatic carbocycles. The molecule has 1 aromatic rings. The van der Waals surface area contributed by atoms with Crippen LogP contribution in [-0.2, 0) is 9.53 Å². The van der Waals surface area contributed by atoms with Crippen molar-refractivity contribution < 1.29 is 29.6 Å². The van der Waals surface area contributed by atoms with Gasteiger partial charge in [-0.3, -0.25) is 9.59 Å². The second kappa shape index (κ2) is 4.58. The Hall–Kier alpha value is -2.02. The number of aliphatic hydroxyl groups is 2. The Morgan fingerprint density at radius 2 is 2.00 bits per heavy atom. The summed E-state index contributed by atoms with van der Waals surface area (Å²) < 4.78 is 5.64. The zero-order chi connectivity index (χ0) is 17.7. The summed E-state index contributed by atoms with van der Waals surface area (Å²) in [5.74, 6) is -1.82. The van der Waals surface area contributed by atoms with Gasteiger partial charge in [0, 0.05) is 23.1 Å². The van der Waals surface area contributed by atoms with E-state index in [-0.39, 0.29) is 28.6 Å². The predicted octanol–water partition coefficient (Wildman–Crippen LogP) is 1.05. The van der Waals surface area contributed by atoms with Gasteiger partial charge >= 0.3 is 0 Å². The molecule has 25 heavy (non-hydrogen) atoms. The third-order valence-electron chi connectivity index (χ3n) is 6.11. The number of rotatable bonds is 0. The van der Waals surface area contributed by atoms with E-state index in [1.807, 2.05) is 6.92 Å². The Labute approximate surface area is 143 Å². The van der Waals surface area contributed by atoms with E-state index < -0.39 is 35.6 Å². The SMILES string of the molecule is C[C@@H]1CC(=O)C2=C(C1)[C@@H]1O[C@@H]1[C@]1(O)[C@H]2C(=O)c2cccc(O)c2[C@@H]1O. The highest BCUT2D eigenvalue weighted by atomic mass is 16.6. The predicted molar refractivity (Wildman–Crippen MR) is 84.9 cm³/mol. The fraction of sp³-hybridized carbons (Fsp3) is 0.474. The van der Waals surface area contributed by atoms with Gasteiger partial charge in [0.15, 0.2) is 11.6 Å². The lowest BCUT2D eigenvalue weighted by Gasteiger charge is -2.46. The van der Waals surface area contributed by atoms with E-state index in [4.69, 9.17) is 4.74 Å². The maximum absolute atomic E-state index is 13.2. The Balaban J connectivity index is 1.77. The van der Waals surface area contributed by atoms with Crippen LogP contribution in [0.1, 0.15) is 41.8 Å². The van der Waals surface area contributed by atoms with Crippen LogP contribution in [0.4, 0.5) is 0 Å². The first-order chi connectivity index (χ1) is 11.9. The van der Waals surface area contributed by atoms with Crippen LogP contribution >= 0.6 is 0 Å². The summed E-state index contributed by atoms with van der Waals surface area (Å²) in [4.78, 5) is 25.9. The molecule has 1 aliphatic heterocycles. The van der Waals surface area contributed by atoms with E-state index in [0.717, 1.165) is 5.57 Å². The van der Waals surface area contributed by atoms with Crippen molar-refractivity contribution in [3.63, 3.8) is 0 Å². The van der Waals surface area contributed by atoms with Crippen molar-refractivity contribution in [1.29, 1.82) is 0 Å². The number of epoxide rings is 1. The number of phenolic OH excluding ortho intramolecular Hbond substituents is 1. The molecule has 6 nitrogen and oxygen atoms in total. The van der Waals surface area contributed by atoms with Crippen molar-refractivity contribution in [3.05, 3.63) is 40.5 Å². The second-order valence-corrected chi connectivity index (χ2v) is 7.68. The number of carbonyl (C=O) groups is 2. The standard InChI is InChI=1S/C19H18O6/c1-7-5-9-12(11(21)6-7)14-15(22)8-3-2-4-10(20)13(8)17(23)19(14,24)18-16(9)25-18/h2-4,7,14,16-18,20,23-24H,5-6H2,1H3/t7-,14+,16-,17-,18-,19-/m0/s1. The van der Waals surface area contributed by atoms with Crippen LogP contribution in [0.15, 0.2) is 29.3 Å². The number of hydrogen-bond acceptors (Lipinski definition) is 6. The molecule has 0 radical (unpaired) electrons. The molecule has 6 heteroatoms. The minimum absolute atomic E-state index is 0.0150. The lowest BCUT2D eigenvalue weighted by Crippen LogP contribution is -2.59. The van der Waals surface area contributed by atoms with Gasteiger partial charge in [0.25, 0.3) is 0 Å². The molecule has 130 valence electrons. The Bertz CT molecular complexity index is 871. The van der Waals surface area contributed by atoms with E-state index in [2.05, 4.69) is 0 Å². The molecule has 0 spiro atoms. The molecular weight excluding hydrogens is 324 g/mol. The minimum Gasteiger partial charge on any atom is -0.508 e. The number of fused-ring (bicyclic) bond motifs is 6. The summed E-state index contributed by atoms with van der Waals surface area (Å²) in [5, 5.41) is 32.3. The number of carbonyl (C=O) groups excluding carboxylic acids is 2. The van der Waals surface area contributed by atoms with Crippen LogP contribution < -0.4 is 0 Å². The summed E-state index contributed by atoms with van der Waals surface area (Å²) in [5.41, 5.74) is -0.645. The van der Waals surface area contributed by atoms with Crippen LogP contribution in [0.3, 0.4) is 0 Å². The molecule has 3 aliphatic carbocycles. The van der Waals surface area contributed by atoms with Gasteiger partial charge in [-0.15, -0.1) is 0 Å². The number of ketones is 2. The monoisotopic (exact) mass is 342 g/mol. The van der Waals surface area contributed by atoms with Gasteiger partial charge in [0.1, 0.15) is 29.7 Å². The topological polar surface area (TPSA) is 107 Å². The lowest BCUT2D eigenvalue weighted by molar-refractivity contribution is -0.130. The van der Waals surface area contributed by atoms with E-state index in [1.54, 1.807) is 0 Å². The van der Waals surface area contributed by atoms with Crippen LogP contribution in [0.5, 0.6) is 5.75 Å². The number of benzene rings is 1. The van der Waals surface area contributed by atoms with Gasteiger partial charge in [-0.25, -0.2) is 0 Å². The van der Waals surface area contributed by atoms with E-state index in [1.165, 1.54) is 18.2 Å². The molecule has 0 amide bonds. The number of ether oxygens (including phenoxy) is 1. The first-order valence-electron chi connectivity index (χ1n) is 8.53. The smallest absolute Gasteiger partial charge is 0.174 e. The summed E-state index contributed by atoms with van der Waals surface area (Å²) in [6.07, 6.45) is -1.69. The van der Waals surface area contributed by atoms with E-state index in [0.29, 0.717) is 18.4 Å². The first kappa shape index (κ1) is 15.3. The van der Waals surface area contributed by atoms with E-state index >= 15 is 0 Å². The number of Topliss-reactive ketones (excluding diaryl/α,β-unsaturated/α-hetero) is 2. The van der Waals surface area contributed by atoms with Crippen molar-refractivity contribution in [1.82, 2.24) is 0 Å². The van der Waals surface area contributed by atoms with Crippen molar-refractivity contribution >= 4 is 11.6 Å². The maximum Gasteiger partial charge on any atom is 0.174 e. The molecule has 0 unspecified atom stereocenters. The number of hydrogen-bond donors (Lipinski definition) is 3.